The Morgan fingerprint density at radius 1 is 1.22 bits per heavy atom. The van der Waals surface area contributed by atoms with Crippen LogP contribution in [0.1, 0.15) is 46.5 Å². The molecule has 18 heavy (non-hydrogen) atoms. The van der Waals surface area contributed by atoms with E-state index in [2.05, 4.69) is 44.9 Å². The Balaban J connectivity index is 2.71. The Morgan fingerprint density at radius 3 is 2.39 bits per heavy atom. The lowest BCUT2D eigenvalue weighted by Crippen LogP contribution is -2.44. The van der Waals surface area contributed by atoms with E-state index < -0.39 is 0 Å². The quantitative estimate of drug-likeness (QED) is 0.769. The van der Waals surface area contributed by atoms with Gasteiger partial charge in [0.2, 0.25) is 0 Å². The van der Waals surface area contributed by atoms with E-state index in [9.17, 15) is 5.26 Å². The first kappa shape index (κ1) is 15.0. The van der Waals surface area contributed by atoms with Gasteiger partial charge in [0.05, 0.1) is 18.1 Å². The summed E-state index contributed by atoms with van der Waals surface area (Å²) in [6.45, 7) is 7.64. The molecule has 3 atom stereocenters. The van der Waals surface area contributed by atoms with Gasteiger partial charge < -0.3 is 4.90 Å². The molecule has 0 aromatic carbocycles. The van der Waals surface area contributed by atoms with Gasteiger partial charge >= 0.3 is 0 Å². The van der Waals surface area contributed by atoms with Gasteiger partial charge in [0.25, 0.3) is 0 Å². The zero-order chi connectivity index (χ0) is 13.8. The van der Waals surface area contributed by atoms with Gasteiger partial charge in [-0.05, 0) is 37.6 Å². The lowest BCUT2D eigenvalue weighted by Gasteiger charge is -2.43. The maximum Gasteiger partial charge on any atom is 0.0672 e. The molecular formula is C15H25N3. The highest BCUT2D eigenvalue weighted by Gasteiger charge is 2.37. The number of rotatable bonds is 3. The summed E-state index contributed by atoms with van der Waals surface area (Å²) >= 11 is 0. The number of nitrogens with zero attached hydrogens (tertiary/aromatic N) is 3. The molecule has 0 aliphatic heterocycles. The fourth-order valence-electron chi connectivity index (χ4n) is 2.96. The van der Waals surface area contributed by atoms with Crippen LogP contribution >= 0.6 is 0 Å². The van der Waals surface area contributed by atoms with Crippen molar-refractivity contribution < 1.29 is 0 Å². The number of nitriles is 2. The standard InChI is InChI=1S/C15H25N3/c1-15(2,3)13-7-6-12(11-17)14(10-13)18(4)9-5-8-16/h12-14H,5-7,9-10H2,1-4H3. The van der Waals surface area contributed by atoms with Gasteiger partial charge in [-0.2, -0.15) is 10.5 Å². The molecule has 3 heteroatoms. The highest BCUT2D eigenvalue weighted by atomic mass is 15.1. The SMILES string of the molecule is CN(CCC#N)C1CC(C(C)(C)C)CCC1C#N. The normalized spacial score (nSPS) is 28.7. The van der Waals surface area contributed by atoms with Gasteiger partial charge in [-0.3, -0.25) is 0 Å². The lowest BCUT2D eigenvalue weighted by atomic mass is 9.68. The van der Waals surface area contributed by atoms with Crippen LogP contribution in [-0.2, 0) is 0 Å². The van der Waals surface area contributed by atoms with Crippen molar-refractivity contribution in [3.05, 3.63) is 0 Å². The molecule has 0 spiro atoms. The highest BCUT2D eigenvalue weighted by Crippen LogP contribution is 2.41. The third-order valence-corrected chi connectivity index (χ3v) is 4.35. The molecule has 1 saturated carbocycles. The van der Waals surface area contributed by atoms with Crippen molar-refractivity contribution in [3.8, 4) is 12.1 Å². The van der Waals surface area contributed by atoms with Crippen molar-refractivity contribution in [2.24, 2.45) is 17.3 Å². The number of hydrogen-bond donors (Lipinski definition) is 0. The third-order valence-electron chi connectivity index (χ3n) is 4.35. The summed E-state index contributed by atoms with van der Waals surface area (Å²) in [6.07, 6.45) is 3.79. The molecule has 1 aliphatic rings. The van der Waals surface area contributed by atoms with Gasteiger partial charge in [0, 0.05) is 19.0 Å². The van der Waals surface area contributed by atoms with Crippen LogP contribution in [0.5, 0.6) is 0 Å². The smallest absolute Gasteiger partial charge is 0.0672 e. The van der Waals surface area contributed by atoms with Crippen molar-refractivity contribution in [1.82, 2.24) is 4.90 Å². The van der Waals surface area contributed by atoms with E-state index in [-0.39, 0.29) is 5.92 Å². The van der Waals surface area contributed by atoms with Crippen LogP contribution in [0.3, 0.4) is 0 Å². The average molecular weight is 247 g/mol. The molecule has 0 saturated heterocycles. The molecule has 1 fully saturated rings. The highest BCUT2D eigenvalue weighted by molar-refractivity contribution is 4.99. The fourth-order valence-corrected chi connectivity index (χ4v) is 2.96. The van der Waals surface area contributed by atoms with Crippen LogP contribution in [0.4, 0.5) is 0 Å². The zero-order valence-corrected chi connectivity index (χ0v) is 12.1. The molecule has 1 rings (SSSR count). The first-order valence-electron chi connectivity index (χ1n) is 6.87. The fraction of sp³-hybridized carbons (Fsp3) is 0.867. The Bertz CT molecular complexity index is 342. The molecule has 0 N–H and O–H groups in total. The molecular weight excluding hydrogens is 222 g/mol. The summed E-state index contributed by atoms with van der Waals surface area (Å²) in [5.41, 5.74) is 0.314. The van der Waals surface area contributed by atoms with Crippen LogP contribution in [0.15, 0.2) is 0 Å². The van der Waals surface area contributed by atoms with E-state index in [1.807, 2.05) is 0 Å². The lowest BCUT2D eigenvalue weighted by molar-refractivity contribution is 0.0763. The van der Waals surface area contributed by atoms with Crippen molar-refractivity contribution in [2.75, 3.05) is 13.6 Å². The number of hydrogen-bond acceptors (Lipinski definition) is 3. The molecule has 100 valence electrons. The second kappa shape index (κ2) is 6.21. The van der Waals surface area contributed by atoms with Crippen LogP contribution in [0.2, 0.25) is 0 Å². The maximum absolute atomic E-state index is 9.28. The van der Waals surface area contributed by atoms with Gasteiger partial charge in [-0.15, -0.1) is 0 Å². The van der Waals surface area contributed by atoms with Gasteiger partial charge in [-0.1, -0.05) is 20.8 Å². The third kappa shape index (κ3) is 3.72. The molecule has 0 heterocycles. The summed E-state index contributed by atoms with van der Waals surface area (Å²) < 4.78 is 0. The van der Waals surface area contributed by atoms with Crippen LogP contribution < -0.4 is 0 Å². The summed E-state index contributed by atoms with van der Waals surface area (Å²) in [5, 5.41) is 18.0. The van der Waals surface area contributed by atoms with Crippen LogP contribution in [0, 0.1) is 39.9 Å². The van der Waals surface area contributed by atoms with E-state index in [4.69, 9.17) is 5.26 Å². The molecule has 0 bridgehead atoms. The summed E-state index contributed by atoms with van der Waals surface area (Å²) in [5.74, 6) is 0.809. The molecule has 0 aromatic heterocycles. The van der Waals surface area contributed by atoms with E-state index in [1.54, 1.807) is 0 Å². The first-order chi connectivity index (χ1) is 8.40. The second-order valence-electron chi connectivity index (χ2n) is 6.57. The largest absolute Gasteiger partial charge is 0.301 e. The molecule has 3 nitrogen and oxygen atoms in total. The minimum absolute atomic E-state index is 0.132. The van der Waals surface area contributed by atoms with Gasteiger partial charge in [0.15, 0.2) is 0 Å². The summed E-state index contributed by atoms with van der Waals surface area (Å²) in [4.78, 5) is 2.22. The first-order valence-corrected chi connectivity index (χ1v) is 6.87. The van der Waals surface area contributed by atoms with Crippen LogP contribution in [0.25, 0.3) is 0 Å². The molecule has 0 radical (unpaired) electrons. The van der Waals surface area contributed by atoms with E-state index in [0.29, 0.717) is 23.8 Å². The van der Waals surface area contributed by atoms with Crippen molar-refractivity contribution in [3.63, 3.8) is 0 Å². The molecule has 0 aromatic rings. The summed E-state index contributed by atoms with van der Waals surface area (Å²) in [7, 11) is 2.05. The van der Waals surface area contributed by atoms with Gasteiger partial charge in [0.1, 0.15) is 0 Å². The maximum atomic E-state index is 9.28. The average Bonchev–Trinajstić information content (AvgIpc) is 2.34. The van der Waals surface area contributed by atoms with Crippen molar-refractivity contribution in [1.29, 1.82) is 10.5 Å². The predicted molar refractivity (Wildman–Crippen MR) is 72.5 cm³/mol. The van der Waals surface area contributed by atoms with Gasteiger partial charge in [-0.25, -0.2) is 0 Å². The molecule has 0 amide bonds. The second-order valence-corrected chi connectivity index (χ2v) is 6.57. The minimum Gasteiger partial charge on any atom is -0.301 e. The van der Waals surface area contributed by atoms with E-state index in [1.165, 1.54) is 0 Å². The molecule has 1 aliphatic carbocycles. The Hall–Kier alpha value is -1.06. The zero-order valence-electron chi connectivity index (χ0n) is 12.1. The Labute approximate surface area is 111 Å². The topological polar surface area (TPSA) is 50.8 Å². The van der Waals surface area contributed by atoms with Crippen molar-refractivity contribution >= 4 is 0 Å². The van der Waals surface area contributed by atoms with E-state index in [0.717, 1.165) is 25.8 Å². The Kier molecular flexibility index (Phi) is 5.17. The van der Waals surface area contributed by atoms with Crippen molar-refractivity contribution in [2.45, 2.75) is 52.5 Å². The molecule has 3 unspecified atom stereocenters. The van der Waals surface area contributed by atoms with E-state index >= 15 is 0 Å². The monoisotopic (exact) mass is 247 g/mol. The Morgan fingerprint density at radius 2 is 1.89 bits per heavy atom. The summed E-state index contributed by atoms with van der Waals surface area (Å²) in [6, 6.07) is 4.97. The minimum atomic E-state index is 0.132. The predicted octanol–water partition coefficient (Wildman–Crippen LogP) is 3.19. The van der Waals surface area contributed by atoms with Crippen LogP contribution in [-0.4, -0.2) is 24.5 Å².